The van der Waals surface area contributed by atoms with Crippen LogP contribution < -0.4 is 0 Å². The number of rotatable bonds is 5. The van der Waals surface area contributed by atoms with Gasteiger partial charge in [-0.2, -0.15) is 0 Å². The topological polar surface area (TPSA) is 38.7 Å². The smallest absolute Gasteiger partial charge is 0.0847 e. The summed E-state index contributed by atoms with van der Waals surface area (Å²) in [5, 5.41) is 0. The summed E-state index contributed by atoms with van der Waals surface area (Å²) in [5.74, 6) is 0. The monoisotopic (exact) mass is 780 g/mol. The standard InChI is InChI=1S/C21H21N2.C19H16N.Ir/c1-21(2,3)14-19-10-9-18(15-23-19)17-11-12-22-20(13-17)16-7-5-4-6-8-16;1-14-8-11-19(20-13-14)17-10-9-15(2)18(12-17)16-6-4-3-5-7-16;/h4-7,9-13,15H,14H2,1-3H3;3-9,11-13H,1-2H3;/q2*-1;/i4D,5D,6D,7D,9D,10D,11D,12D,13D,14D2,15D;1D3,2D3,3D,4D,5D,6D,7D,8D,9D,11D,12D,13D;. The van der Waals surface area contributed by atoms with Gasteiger partial charge in [0.25, 0.3) is 0 Å². The van der Waals surface area contributed by atoms with Crippen LogP contribution in [0.4, 0.5) is 0 Å². The quantitative estimate of drug-likeness (QED) is 0.164. The third-order valence-electron chi connectivity index (χ3n) is 5.04. The normalized spacial score (nSPS) is 20.7. The predicted molar refractivity (Wildman–Crippen MR) is 178 cm³/mol. The molecule has 0 fully saturated rings. The van der Waals surface area contributed by atoms with Gasteiger partial charge in [-0.25, -0.2) is 0 Å². The van der Waals surface area contributed by atoms with Gasteiger partial charge < -0.3 is 9.97 Å². The van der Waals surface area contributed by atoms with Crippen molar-refractivity contribution in [1.82, 2.24) is 15.0 Å². The Morgan fingerprint density at radius 2 is 1.57 bits per heavy atom. The van der Waals surface area contributed by atoms with Crippen LogP contribution >= 0.6 is 0 Å². The second kappa shape index (κ2) is 15.0. The van der Waals surface area contributed by atoms with Gasteiger partial charge in [-0.05, 0) is 68.5 Å². The first kappa shape index (κ1) is 11.9. The van der Waals surface area contributed by atoms with E-state index in [2.05, 4.69) is 27.1 Å². The van der Waals surface area contributed by atoms with Crippen molar-refractivity contribution in [3.05, 3.63) is 150 Å². The van der Waals surface area contributed by atoms with Gasteiger partial charge in [0.2, 0.25) is 0 Å². The minimum absolute atomic E-state index is 0. The summed E-state index contributed by atoms with van der Waals surface area (Å²) in [6.07, 6.45) is -4.46. The van der Waals surface area contributed by atoms with Crippen LogP contribution in [0.15, 0.2) is 121 Å². The molecule has 0 amide bonds. The zero-order chi connectivity index (χ0) is 54.4. The van der Waals surface area contributed by atoms with E-state index in [9.17, 15) is 0 Å². The Bertz CT molecular complexity index is 3170. The van der Waals surface area contributed by atoms with Crippen molar-refractivity contribution in [2.45, 2.75) is 40.8 Å². The van der Waals surface area contributed by atoms with Crippen LogP contribution in [0.5, 0.6) is 0 Å². The molecule has 3 aromatic heterocycles. The molecule has 0 unspecified atom stereocenters. The SMILES string of the molecule is [2H]c1[c-]c(-c2nc([2H])c(C([2H])([2H])[2H])c([2H])c2[2H])c([2H])c(-c2c([2H])c([2H])c([2H])c([2H])c2[2H])c1C([2H])([2H])[2H].[2H]c1[c-]c(-c2nc([2H])c([2H])c(-c3c([2H])nc(C([2H])([2H])C(C)(C)C)c([2H])c3[2H])c2[2H])c([2H])c([2H])c1[2H].[Ir]. The Kier molecular flexibility index (Phi) is 4.06. The maximum atomic E-state index is 8.68. The van der Waals surface area contributed by atoms with E-state index in [1.54, 1.807) is 20.8 Å². The number of pyridine rings is 3. The van der Waals surface area contributed by atoms with Crippen LogP contribution in [0.2, 0.25) is 0 Å². The molecule has 6 rings (SSSR count). The molecule has 4 heteroatoms. The Hall–Kier alpha value is -4.24. The first-order valence-electron chi connectivity index (χ1n) is 26.3. The zero-order valence-electron chi connectivity index (χ0n) is 51.2. The number of nitrogens with zero attached hydrogens (tertiary/aromatic N) is 3. The molecule has 1 radical (unpaired) electrons. The van der Waals surface area contributed by atoms with E-state index in [0.29, 0.717) is 0 Å². The first-order chi connectivity index (χ1) is 32.2. The minimum Gasteiger partial charge on any atom is -0.305 e. The molecule has 0 saturated heterocycles. The molecular weight excluding hydrogens is 715 g/mol. The van der Waals surface area contributed by atoms with Crippen molar-refractivity contribution in [3.8, 4) is 44.8 Å². The summed E-state index contributed by atoms with van der Waals surface area (Å²) in [7, 11) is 0. The molecule has 0 aliphatic carbocycles. The van der Waals surface area contributed by atoms with Gasteiger partial charge in [-0.3, -0.25) is 4.98 Å². The molecule has 0 aliphatic heterocycles. The van der Waals surface area contributed by atoms with E-state index in [0.717, 1.165) is 0 Å². The molecule has 0 spiro atoms. The number of aromatic nitrogens is 3. The van der Waals surface area contributed by atoms with Crippen molar-refractivity contribution in [1.29, 1.82) is 0 Å². The summed E-state index contributed by atoms with van der Waals surface area (Å²) >= 11 is 0. The molecule has 3 heterocycles. The Morgan fingerprint density at radius 1 is 0.727 bits per heavy atom. The van der Waals surface area contributed by atoms with Gasteiger partial charge in [0.1, 0.15) is 0 Å². The third kappa shape index (κ3) is 8.89. The van der Waals surface area contributed by atoms with E-state index in [-0.39, 0.29) is 25.7 Å². The molecule has 6 aromatic rings. The zero-order valence-corrected chi connectivity index (χ0v) is 25.6. The van der Waals surface area contributed by atoms with E-state index >= 15 is 0 Å². The fourth-order valence-electron chi connectivity index (χ4n) is 3.25. The molecule has 0 aliphatic rings. The fourth-order valence-corrected chi connectivity index (χ4v) is 3.25. The van der Waals surface area contributed by atoms with Gasteiger partial charge in [0, 0.05) is 59.4 Å². The molecule has 44 heavy (non-hydrogen) atoms. The molecule has 0 saturated carbocycles. The van der Waals surface area contributed by atoms with E-state index in [1.165, 1.54) is 0 Å². The molecule has 0 atom stereocenters. The largest absolute Gasteiger partial charge is 0.305 e. The average molecular weight is 780 g/mol. The molecule has 3 nitrogen and oxygen atoms in total. The van der Waals surface area contributed by atoms with Crippen LogP contribution in [0.3, 0.4) is 0 Å². The Morgan fingerprint density at radius 3 is 2.36 bits per heavy atom. The molecule has 0 N–H and O–H groups in total. The van der Waals surface area contributed by atoms with Crippen LogP contribution in [0.1, 0.15) is 76.0 Å². The first-order valence-corrected chi connectivity index (χ1v) is 12.3. The average Bonchev–Trinajstić information content (AvgIpc) is 3.25. The minimum atomic E-state index is -3.09. The van der Waals surface area contributed by atoms with E-state index < -0.39 is 203 Å². The maximum Gasteiger partial charge on any atom is 0.0847 e. The second-order valence-electron chi connectivity index (χ2n) is 9.47. The van der Waals surface area contributed by atoms with Crippen molar-refractivity contribution in [2.75, 3.05) is 0 Å². The number of hydrogen-bond donors (Lipinski definition) is 0. The van der Waals surface area contributed by atoms with Crippen molar-refractivity contribution in [2.24, 2.45) is 5.41 Å². The summed E-state index contributed by atoms with van der Waals surface area (Å²) in [4.78, 5) is 11.5. The van der Waals surface area contributed by atoms with Crippen molar-refractivity contribution in [3.63, 3.8) is 0 Å². The van der Waals surface area contributed by atoms with Crippen molar-refractivity contribution >= 4 is 0 Å². The van der Waals surface area contributed by atoms with Gasteiger partial charge >= 0.3 is 0 Å². The second-order valence-corrected chi connectivity index (χ2v) is 9.47. The molecular formula is C40H37IrN3-2. The van der Waals surface area contributed by atoms with Gasteiger partial charge in [-0.15, -0.1) is 65.1 Å². The van der Waals surface area contributed by atoms with Crippen LogP contribution in [0.25, 0.3) is 44.8 Å². The van der Waals surface area contributed by atoms with Gasteiger partial charge in [0.05, 0.1) is 19.2 Å². The van der Waals surface area contributed by atoms with E-state index in [4.69, 9.17) is 38.4 Å². The molecule has 223 valence electrons. The summed E-state index contributed by atoms with van der Waals surface area (Å²) < 4.78 is 226. The molecule has 3 aromatic carbocycles. The predicted octanol–water partition coefficient (Wildman–Crippen LogP) is 10.0. The molecule has 0 bridgehead atoms. The Balaban J connectivity index is 0.000000308. The van der Waals surface area contributed by atoms with E-state index in [1.807, 2.05) is 0 Å². The van der Waals surface area contributed by atoms with Crippen LogP contribution in [-0.4, -0.2) is 15.0 Å². The van der Waals surface area contributed by atoms with Crippen LogP contribution in [-0.2, 0) is 26.5 Å². The van der Waals surface area contributed by atoms with Crippen LogP contribution in [0, 0.1) is 31.3 Å². The summed E-state index contributed by atoms with van der Waals surface area (Å²) in [6, 6.07) is -7.62. The number of hydrogen-bond acceptors (Lipinski definition) is 3. The fraction of sp³-hybridized carbons (Fsp3) is 0.175. The van der Waals surface area contributed by atoms with Gasteiger partial charge in [-0.1, -0.05) is 87.6 Å². The summed E-state index contributed by atoms with van der Waals surface area (Å²) in [6.45, 7) is -1.30. The summed E-state index contributed by atoms with van der Waals surface area (Å²) in [5.41, 5.74) is -7.34. The Labute approximate surface area is 315 Å². The number of benzene rings is 3. The van der Waals surface area contributed by atoms with Crippen molar-refractivity contribution < 1.29 is 58.5 Å². The maximum absolute atomic E-state index is 8.68. The van der Waals surface area contributed by atoms with Gasteiger partial charge in [0.15, 0.2) is 0 Å². The third-order valence-corrected chi connectivity index (χ3v) is 5.04.